The summed E-state index contributed by atoms with van der Waals surface area (Å²) in [6.45, 7) is 0.519. The van der Waals surface area contributed by atoms with E-state index >= 15 is 0 Å². The van der Waals surface area contributed by atoms with Crippen molar-refractivity contribution in [3.8, 4) is 11.5 Å². The number of hydrogen-bond donors (Lipinski definition) is 7. The van der Waals surface area contributed by atoms with Gasteiger partial charge in [0.2, 0.25) is 6.29 Å². The van der Waals surface area contributed by atoms with Gasteiger partial charge in [-0.25, -0.2) is 0 Å². The van der Waals surface area contributed by atoms with Crippen molar-refractivity contribution in [1.82, 2.24) is 0 Å². The minimum absolute atomic E-state index is 0.000772. The summed E-state index contributed by atoms with van der Waals surface area (Å²) < 4.78 is 27.5. The molecule has 0 saturated carbocycles. The molecule has 3 aliphatic rings. The third-order valence-electron chi connectivity index (χ3n) is 7.63. The molecule has 10 atom stereocenters. The van der Waals surface area contributed by atoms with Crippen molar-refractivity contribution in [1.29, 1.82) is 0 Å². The monoisotopic (exact) mass is 592 g/mol. The van der Waals surface area contributed by atoms with Gasteiger partial charge in [0.1, 0.15) is 60.3 Å². The van der Waals surface area contributed by atoms with Gasteiger partial charge in [0, 0.05) is 22.8 Å². The second kappa shape index (κ2) is 11.9. The van der Waals surface area contributed by atoms with E-state index in [1.54, 1.807) is 19.1 Å². The molecule has 5 rings (SSSR count). The zero-order valence-corrected chi connectivity index (χ0v) is 22.6. The summed E-state index contributed by atoms with van der Waals surface area (Å²) in [5.41, 5.74) is 1.04. The Bertz CT molecular complexity index is 1340. The lowest BCUT2D eigenvalue weighted by Gasteiger charge is -2.42. The van der Waals surface area contributed by atoms with Gasteiger partial charge in [0.25, 0.3) is 0 Å². The third-order valence-corrected chi connectivity index (χ3v) is 7.63. The maximum Gasteiger partial charge on any atom is 0.229 e. The first kappa shape index (κ1) is 30.4. The van der Waals surface area contributed by atoms with Crippen molar-refractivity contribution < 1.29 is 69.0 Å². The Morgan fingerprint density at radius 2 is 1.38 bits per heavy atom. The van der Waals surface area contributed by atoms with Crippen molar-refractivity contribution in [2.45, 2.75) is 68.3 Å². The summed E-state index contributed by atoms with van der Waals surface area (Å²) in [6, 6.07) is 7.52. The Labute approximate surface area is 239 Å². The quantitative estimate of drug-likeness (QED) is 0.155. The summed E-state index contributed by atoms with van der Waals surface area (Å²) in [5.74, 6) is -0.992. The molecule has 42 heavy (non-hydrogen) atoms. The number of carbonyl (C=O) groups is 2. The molecule has 228 valence electrons. The van der Waals surface area contributed by atoms with Crippen LogP contribution in [0.25, 0.3) is 0 Å². The van der Waals surface area contributed by atoms with Crippen LogP contribution in [-0.4, -0.2) is 129 Å². The van der Waals surface area contributed by atoms with Crippen molar-refractivity contribution in [3.05, 3.63) is 58.1 Å². The Kier molecular flexibility index (Phi) is 8.65. The minimum atomic E-state index is -1.82. The van der Waals surface area contributed by atoms with E-state index in [1.165, 1.54) is 25.3 Å². The number of aliphatic hydroxyl groups is 7. The highest BCUT2D eigenvalue weighted by Crippen LogP contribution is 2.38. The van der Waals surface area contributed by atoms with Gasteiger partial charge in [-0.1, -0.05) is 17.7 Å². The predicted octanol–water partition coefficient (Wildman–Crippen LogP) is -2.22. The van der Waals surface area contributed by atoms with Crippen LogP contribution >= 0.6 is 0 Å². The van der Waals surface area contributed by atoms with Gasteiger partial charge in [-0.05, 0) is 19.1 Å². The van der Waals surface area contributed by atoms with E-state index in [-0.39, 0.29) is 33.8 Å². The molecule has 2 aromatic rings. The van der Waals surface area contributed by atoms with E-state index in [2.05, 4.69) is 0 Å². The van der Waals surface area contributed by atoms with Gasteiger partial charge in [-0.15, -0.1) is 0 Å². The number of benzene rings is 2. The average molecular weight is 593 g/mol. The fourth-order valence-electron chi connectivity index (χ4n) is 5.21. The van der Waals surface area contributed by atoms with Crippen LogP contribution in [0.3, 0.4) is 0 Å². The molecule has 7 N–H and O–H groups in total. The molecule has 14 heteroatoms. The Balaban J connectivity index is 1.39. The molecule has 1 aliphatic carbocycles. The molecule has 0 aromatic heterocycles. The zero-order valence-electron chi connectivity index (χ0n) is 22.6. The minimum Gasteiger partial charge on any atom is -0.497 e. The lowest BCUT2D eigenvalue weighted by Crippen LogP contribution is -2.62. The molecule has 0 radical (unpaired) electrons. The predicted molar refractivity (Wildman–Crippen MR) is 138 cm³/mol. The number of fused-ring (bicyclic) bond motifs is 2. The molecule has 2 saturated heterocycles. The first-order chi connectivity index (χ1) is 20.0. The number of ketones is 2. The molecular weight excluding hydrogens is 560 g/mol. The Morgan fingerprint density at radius 3 is 2.05 bits per heavy atom. The number of rotatable bonds is 7. The molecule has 2 aliphatic heterocycles. The second-order valence-electron chi connectivity index (χ2n) is 10.4. The maximum atomic E-state index is 13.5. The third kappa shape index (κ3) is 5.31. The van der Waals surface area contributed by atoms with Gasteiger partial charge in [-0.2, -0.15) is 0 Å². The van der Waals surface area contributed by atoms with Crippen LogP contribution in [-0.2, 0) is 14.2 Å². The number of methoxy groups -OCH3 is 1. The van der Waals surface area contributed by atoms with E-state index in [9.17, 15) is 45.3 Å². The molecule has 0 amide bonds. The van der Waals surface area contributed by atoms with Crippen LogP contribution in [0.5, 0.6) is 11.5 Å². The van der Waals surface area contributed by atoms with Gasteiger partial charge in [0.15, 0.2) is 17.9 Å². The van der Waals surface area contributed by atoms with Crippen molar-refractivity contribution in [2.24, 2.45) is 0 Å². The fourth-order valence-corrected chi connectivity index (χ4v) is 5.21. The smallest absolute Gasteiger partial charge is 0.229 e. The average Bonchev–Trinajstić information content (AvgIpc) is 2.98. The number of carbonyl (C=O) groups excluding carboxylic acids is 2. The molecular formula is C28H32O14. The first-order valence-corrected chi connectivity index (χ1v) is 13.2. The van der Waals surface area contributed by atoms with Crippen LogP contribution in [0.1, 0.15) is 37.4 Å². The number of aliphatic hydroxyl groups excluding tert-OH is 7. The molecule has 2 heterocycles. The summed E-state index contributed by atoms with van der Waals surface area (Å²) >= 11 is 0. The Hall–Kier alpha value is -3.02. The van der Waals surface area contributed by atoms with Crippen LogP contribution in [0, 0.1) is 6.92 Å². The largest absolute Gasteiger partial charge is 0.497 e. The Morgan fingerprint density at radius 1 is 0.738 bits per heavy atom. The van der Waals surface area contributed by atoms with Crippen molar-refractivity contribution in [3.63, 3.8) is 0 Å². The van der Waals surface area contributed by atoms with Gasteiger partial charge >= 0.3 is 0 Å². The summed E-state index contributed by atoms with van der Waals surface area (Å²) in [6.07, 6.45) is -16.3. The summed E-state index contributed by atoms with van der Waals surface area (Å²) in [4.78, 5) is 26.9. The highest BCUT2D eigenvalue weighted by atomic mass is 16.7. The van der Waals surface area contributed by atoms with Gasteiger partial charge in [-0.3, -0.25) is 9.59 Å². The molecule has 2 fully saturated rings. The van der Waals surface area contributed by atoms with Crippen LogP contribution in [0.2, 0.25) is 0 Å². The number of aryl methyl sites for hydroxylation is 1. The van der Waals surface area contributed by atoms with E-state index in [0.29, 0.717) is 0 Å². The van der Waals surface area contributed by atoms with Crippen LogP contribution in [0.15, 0.2) is 30.3 Å². The normalized spacial score (nSPS) is 34.5. The molecule has 14 nitrogen and oxygen atoms in total. The van der Waals surface area contributed by atoms with Gasteiger partial charge < -0.3 is 59.4 Å². The highest BCUT2D eigenvalue weighted by molar-refractivity contribution is 6.29. The fraction of sp³-hybridized carbons (Fsp3) is 0.500. The molecule has 0 spiro atoms. The topological polar surface area (TPSA) is 222 Å². The SMILES string of the molecule is COc1cc(O[C@@H]2O[C@H](CO[C@@H]3O[C@H](CO)[C@@H](O)[C@H](O)[C@H]3O)[C@@H](O)[C@H](O)[C@H]2O)c2c(c1)C(=O)c1cc(C)ccc1C2=O. The molecule has 2 aromatic carbocycles. The van der Waals surface area contributed by atoms with Crippen molar-refractivity contribution in [2.75, 3.05) is 20.3 Å². The van der Waals surface area contributed by atoms with E-state index < -0.39 is 86.2 Å². The molecule has 0 unspecified atom stereocenters. The zero-order chi connectivity index (χ0) is 30.5. The lowest BCUT2D eigenvalue weighted by molar-refractivity contribution is -0.323. The van der Waals surface area contributed by atoms with Crippen molar-refractivity contribution >= 4 is 11.6 Å². The second-order valence-corrected chi connectivity index (χ2v) is 10.4. The summed E-state index contributed by atoms with van der Waals surface area (Å²) in [5, 5.41) is 71.3. The van der Waals surface area contributed by atoms with Crippen LogP contribution < -0.4 is 9.47 Å². The number of hydrogen-bond acceptors (Lipinski definition) is 14. The van der Waals surface area contributed by atoms with E-state index in [4.69, 9.17) is 23.7 Å². The lowest BCUT2D eigenvalue weighted by atomic mass is 9.82. The highest BCUT2D eigenvalue weighted by Gasteiger charge is 2.48. The van der Waals surface area contributed by atoms with Gasteiger partial charge in [0.05, 0.1) is 25.9 Å². The standard InChI is InChI=1S/C28H32O14/c1-10-3-4-12-13(5-10)19(30)14-6-11(38-2)7-15(18(14)20(12)31)40-28-26(37)24(35)22(33)17(42-28)9-39-27-25(36)23(34)21(32)16(8-29)41-27/h3-7,16-17,21-29,32-37H,8-9H2,1-2H3/t16-,17-,21-,22-,23+,24+,25-,26-,27-,28-/m1/s1. The first-order valence-electron chi connectivity index (χ1n) is 13.2. The maximum absolute atomic E-state index is 13.5. The van der Waals surface area contributed by atoms with Crippen LogP contribution in [0.4, 0.5) is 0 Å². The van der Waals surface area contributed by atoms with E-state index in [1.807, 2.05) is 0 Å². The van der Waals surface area contributed by atoms with E-state index in [0.717, 1.165) is 5.56 Å². The number of ether oxygens (including phenoxy) is 5. The molecule has 0 bridgehead atoms. The summed E-state index contributed by atoms with van der Waals surface area (Å²) in [7, 11) is 1.34.